The molecule has 3 heteroatoms. The third-order valence-electron chi connectivity index (χ3n) is 1.50. The molecule has 1 rings (SSSR count). The lowest BCUT2D eigenvalue weighted by Crippen LogP contribution is -1.87. The van der Waals surface area contributed by atoms with E-state index in [9.17, 15) is 0 Å². The van der Waals surface area contributed by atoms with Crippen molar-refractivity contribution in [3.63, 3.8) is 0 Å². The SMILES string of the molecule is COc1cccc(C(Br)C#N)c1. The van der Waals surface area contributed by atoms with Gasteiger partial charge in [-0.3, -0.25) is 0 Å². The van der Waals surface area contributed by atoms with Crippen LogP contribution in [0.1, 0.15) is 10.4 Å². The zero-order chi connectivity index (χ0) is 8.97. The molecule has 0 saturated heterocycles. The van der Waals surface area contributed by atoms with Gasteiger partial charge in [0.25, 0.3) is 0 Å². The molecule has 12 heavy (non-hydrogen) atoms. The molecule has 0 aliphatic carbocycles. The van der Waals surface area contributed by atoms with E-state index in [0.717, 1.165) is 11.3 Å². The fraction of sp³-hybridized carbons (Fsp3) is 0.222. The number of alkyl halides is 1. The van der Waals surface area contributed by atoms with Crippen molar-refractivity contribution in [3.8, 4) is 11.8 Å². The molecule has 0 radical (unpaired) electrons. The Labute approximate surface area is 79.9 Å². The first kappa shape index (κ1) is 9.08. The van der Waals surface area contributed by atoms with Crippen molar-refractivity contribution in [2.24, 2.45) is 0 Å². The van der Waals surface area contributed by atoms with Crippen molar-refractivity contribution >= 4 is 15.9 Å². The summed E-state index contributed by atoms with van der Waals surface area (Å²) >= 11 is 3.23. The Bertz CT molecular complexity index is 306. The van der Waals surface area contributed by atoms with Crippen LogP contribution in [0.4, 0.5) is 0 Å². The molecule has 1 unspecified atom stereocenters. The molecule has 2 nitrogen and oxygen atoms in total. The largest absolute Gasteiger partial charge is 0.497 e. The molecule has 0 aliphatic heterocycles. The van der Waals surface area contributed by atoms with Crippen molar-refractivity contribution in [1.29, 1.82) is 5.26 Å². The Kier molecular flexibility index (Phi) is 3.12. The van der Waals surface area contributed by atoms with Gasteiger partial charge in [-0.15, -0.1) is 0 Å². The van der Waals surface area contributed by atoms with Crippen LogP contribution >= 0.6 is 15.9 Å². The Morgan fingerprint density at radius 1 is 1.58 bits per heavy atom. The number of nitriles is 1. The van der Waals surface area contributed by atoms with E-state index in [0.29, 0.717) is 0 Å². The average molecular weight is 226 g/mol. The highest BCUT2D eigenvalue weighted by Crippen LogP contribution is 2.24. The average Bonchev–Trinajstić information content (AvgIpc) is 2.17. The summed E-state index contributed by atoms with van der Waals surface area (Å²) in [5.74, 6) is 0.771. The van der Waals surface area contributed by atoms with Crippen LogP contribution in [0, 0.1) is 11.3 Å². The van der Waals surface area contributed by atoms with Crippen molar-refractivity contribution < 1.29 is 4.74 Å². The summed E-state index contributed by atoms with van der Waals surface area (Å²) < 4.78 is 5.02. The van der Waals surface area contributed by atoms with E-state index in [4.69, 9.17) is 10.00 Å². The van der Waals surface area contributed by atoms with E-state index in [1.54, 1.807) is 7.11 Å². The second kappa shape index (κ2) is 4.13. The molecule has 0 aliphatic rings. The molecular weight excluding hydrogens is 218 g/mol. The van der Waals surface area contributed by atoms with Gasteiger partial charge in [0.1, 0.15) is 10.6 Å². The number of halogens is 1. The molecule has 0 spiro atoms. The van der Waals surface area contributed by atoms with Crippen molar-refractivity contribution in [2.45, 2.75) is 4.83 Å². The molecular formula is C9H8BrNO. The molecule has 0 amide bonds. The third-order valence-corrected chi connectivity index (χ3v) is 2.23. The van der Waals surface area contributed by atoms with Gasteiger partial charge in [0.05, 0.1) is 13.2 Å². The van der Waals surface area contributed by atoms with Gasteiger partial charge in [-0.05, 0) is 17.7 Å². The van der Waals surface area contributed by atoms with E-state index in [-0.39, 0.29) is 4.83 Å². The summed E-state index contributed by atoms with van der Waals surface area (Å²) in [4.78, 5) is -0.257. The molecule has 1 aromatic carbocycles. The van der Waals surface area contributed by atoms with Crippen LogP contribution < -0.4 is 4.74 Å². The molecule has 1 atom stereocenters. The summed E-state index contributed by atoms with van der Waals surface area (Å²) in [6.45, 7) is 0. The molecule has 0 saturated carbocycles. The van der Waals surface area contributed by atoms with Gasteiger partial charge >= 0.3 is 0 Å². The monoisotopic (exact) mass is 225 g/mol. The first-order valence-corrected chi connectivity index (χ1v) is 4.37. The minimum absolute atomic E-state index is 0.257. The van der Waals surface area contributed by atoms with Crippen LogP contribution in [-0.2, 0) is 0 Å². The van der Waals surface area contributed by atoms with Crippen LogP contribution in [0.5, 0.6) is 5.75 Å². The lowest BCUT2D eigenvalue weighted by molar-refractivity contribution is 0.414. The predicted octanol–water partition coefficient (Wildman–Crippen LogP) is 2.65. The quantitative estimate of drug-likeness (QED) is 0.726. The molecule has 0 aromatic heterocycles. The summed E-state index contributed by atoms with van der Waals surface area (Å²) in [6, 6.07) is 9.52. The Hall–Kier alpha value is -1.01. The van der Waals surface area contributed by atoms with Crippen molar-refractivity contribution in [3.05, 3.63) is 29.8 Å². The van der Waals surface area contributed by atoms with E-state index < -0.39 is 0 Å². The van der Waals surface area contributed by atoms with Gasteiger partial charge in [0, 0.05) is 0 Å². The van der Waals surface area contributed by atoms with Crippen LogP contribution in [0.25, 0.3) is 0 Å². The minimum Gasteiger partial charge on any atom is -0.497 e. The smallest absolute Gasteiger partial charge is 0.126 e. The van der Waals surface area contributed by atoms with Crippen LogP contribution in [-0.4, -0.2) is 7.11 Å². The molecule has 0 fully saturated rings. The van der Waals surface area contributed by atoms with Crippen LogP contribution in [0.2, 0.25) is 0 Å². The highest BCUT2D eigenvalue weighted by atomic mass is 79.9. The van der Waals surface area contributed by atoms with Crippen LogP contribution in [0.15, 0.2) is 24.3 Å². The topological polar surface area (TPSA) is 33.0 Å². The van der Waals surface area contributed by atoms with Gasteiger partial charge in [-0.1, -0.05) is 28.1 Å². The van der Waals surface area contributed by atoms with Gasteiger partial charge in [0.15, 0.2) is 0 Å². The number of rotatable bonds is 2. The molecule has 62 valence electrons. The van der Waals surface area contributed by atoms with E-state index in [1.807, 2.05) is 24.3 Å². The Morgan fingerprint density at radius 2 is 2.33 bits per heavy atom. The Balaban J connectivity index is 2.95. The lowest BCUT2D eigenvalue weighted by atomic mass is 10.1. The summed E-state index contributed by atoms with van der Waals surface area (Å²) in [6.07, 6.45) is 0. The minimum atomic E-state index is -0.257. The highest BCUT2D eigenvalue weighted by Gasteiger charge is 2.05. The van der Waals surface area contributed by atoms with Gasteiger partial charge < -0.3 is 4.74 Å². The summed E-state index contributed by atoms with van der Waals surface area (Å²) in [5.41, 5.74) is 0.914. The number of methoxy groups -OCH3 is 1. The maximum Gasteiger partial charge on any atom is 0.126 e. The number of ether oxygens (including phenoxy) is 1. The molecule has 1 aromatic rings. The maximum absolute atomic E-state index is 8.61. The van der Waals surface area contributed by atoms with E-state index in [2.05, 4.69) is 22.0 Å². The normalized spacial score (nSPS) is 11.8. The predicted molar refractivity (Wildman–Crippen MR) is 50.3 cm³/mol. The number of hydrogen-bond donors (Lipinski definition) is 0. The van der Waals surface area contributed by atoms with Crippen molar-refractivity contribution in [1.82, 2.24) is 0 Å². The van der Waals surface area contributed by atoms with Gasteiger partial charge in [0.2, 0.25) is 0 Å². The first-order chi connectivity index (χ1) is 5.77. The fourth-order valence-electron chi connectivity index (χ4n) is 0.874. The lowest BCUT2D eigenvalue weighted by Gasteiger charge is -2.03. The van der Waals surface area contributed by atoms with Crippen LogP contribution in [0.3, 0.4) is 0 Å². The second-order valence-corrected chi connectivity index (χ2v) is 3.18. The van der Waals surface area contributed by atoms with E-state index >= 15 is 0 Å². The molecule has 0 heterocycles. The first-order valence-electron chi connectivity index (χ1n) is 3.45. The second-order valence-electron chi connectivity index (χ2n) is 2.27. The molecule has 0 bridgehead atoms. The highest BCUT2D eigenvalue weighted by molar-refractivity contribution is 9.09. The van der Waals surface area contributed by atoms with E-state index in [1.165, 1.54) is 0 Å². The van der Waals surface area contributed by atoms with Gasteiger partial charge in [-0.2, -0.15) is 5.26 Å². The standard InChI is InChI=1S/C9H8BrNO/c1-12-8-4-2-3-7(5-8)9(10)6-11/h2-5,9H,1H3. The third kappa shape index (κ3) is 1.99. The summed E-state index contributed by atoms with van der Waals surface area (Å²) in [5, 5.41) is 8.61. The zero-order valence-electron chi connectivity index (χ0n) is 6.62. The summed E-state index contributed by atoms with van der Waals surface area (Å²) in [7, 11) is 1.61. The number of hydrogen-bond acceptors (Lipinski definition) is 2. The number of benzene rings is 1. The van der Waals surface area contributed by atoms with Gasteiger partial charge in [-0.25, -0.2) is 0 Å². The maximum atomic E-state index is 8.61. The zero-order valence-corrected chi connectivity index (χ0v) is 8.21. The molecule has 0 N–H and O–H groups in total. The Morgan fingerprint density at radius 3 is 2.92 bits per heavy atom. The fourth-order valence-corrected chi connectivity index (χ4v) is 1.16. The van der Waals surface area contributed by atoms with Crippen molar-refractivity contribution in [2.75, 3.05) is 7.11 Å². The number of nitrogens with zero attached hydrogens (tertiary/aromatic N) is 1.